The summed E-state index contributed by atoms with van der Waals surface area (Å²) >= 11 is 0. The fourth-order valence-corrected chi connectivity index (χ4v) is 5.08. The molecule has 0 aliphatic carbocycles. The van der Waals surface area contributed by atoms with Gasteiger partial charge in [-0.15, -0.1) is 0 Å². The molecule has 0 bridgehead atoms. The van der Waals surface area contributed by atoms with Crippen molar-refractivity contribution in [2.45, 2.75) is 6.04 Å². The van der Waals surface area contributed by atoms with Crippen LogP contribution in [0, 0.1) is 5.82 Å². The van der Waals surface area contributed by atoms with E-state index < -0.39 is 6.04 Å². The zero-order chi connectivity index (χ0) is 25.2. The summed E-state index contributed by atoms with van der Waals surface area (Å²) in [6.07, 6.45) is 1.76. The van der Waals surface area contributed by atoms with Crippen LogP contribution < -0.4 is 19.7 Å². The van der Waals surface area contributed by atoms with Crippen LogP contribution in [-0.2, 0) is 4.79 Å². The van der Waals surface area contributed by atoms with E-state index in [1.165, 1.54) is 12.1 Å². The van der Waals surface area contributed by atoms with Crippen LogP contribution in [0.1, 0.15) is 11.6 Å². The highest BCUT2D eigenvalue weighted by Crippen LogP contribution is 2.34. The maximum absolute atomic E-state index is 13.9. The Morgan fingerprint density at radius 1 is 0.892 bits per heavy atom. The van der Waals surface area contributed by atoms with E-state index in [1.807, 2.05) is 42.5 Å². The van der Waals surface area contributed by atoms with Gasteiger partial charge in [0.15, 0.2) is 11.5 Å². The van der Waals surface area contributed by atoms with Crippen molar-refractivity contribution in [3.05, 3.63) is 90.4 Å². The molecule has 1 saturated heterocycles. The quantitative estimate of drug-likeness (QED) is 0.432. The minimum Gasteiger partial charge on any atom is -0.486 e. The Bertz CT molecular complexity index is 1420. The number of anilines is 2. The van der Waals surface area contributed by atoms with Crippen molar-refractivity contribution in [1.29, 1.82) is 0 Å². The standard InChI is InChI=1S/C29H27FN4O3/c30-20-5-8-22(9-6-20)33-13-15-34(16-14-33)28(24-11-12-31-25-4-2-1-3-23(24)25)29(35)32-21-7-10-26-27(19-21)37-18-17-36-26/h1-12,19,28H,13-18H2,(H,32,35). The first kappa shape index (κ1) is 23.2. The second kappa shape index (κ2) is 10.1. The molecule has 1 atom stereocenters. The number of carbonyl (C=O) groups excluding carboxylic acids is 1. The molecule has 0 saturated carbocycles. The van der Waals surface area contributed by atoms with Crippen LogP contribution in [0.2, 0.25) is 0 Å². The van der Waals surface area contributed by atoms with Crippen LogP contribution >= 0.6 is 0 Å². The fourth-order valence-electron chi connectivity index (χ4n) is 5.08. The fraction of sp³-hybridized carbons (Fsp3) is 0.241. The summed E-state index contributed by atoms with van der Waals surface area (Å²) in [4.78, 5) is 22.8. The van der Waals surface area contributed by atoms with Crippen molar-refractivity contribution >= 4 is 28.2 Å². The smallest absolute Gasteiger partial charge is 0.246 e. The molecule has 2 aliphatic rings. The molecule has 0 radical (unpaired) electrons. The van der Waals surface area contributed by atoms with Crippen molar-refractivity contribution in [1.82, 2.24) is 9.88 Å². The number of benzene rings is 3. The Hall–Kier alpha value is -4.17. The summed E-state index contributed by atoms with van der Waals surface area (Å²) in [6, 6.07) is 21.3. The molecule has 1 fully saturated rings. The molecule has 3 heterocycles. The third kappa shape index (κ3) is 4.80. The van der Waals surface area contributed by atoms with E-state index in [-0.39, 0.29) is 11.7 Å². The SMILES string of the molecule is O=C(Nc1ccc2c(c1)OCCO2)C(c1ccnc2ccccc12)N1CCN(c2ccc(F)cc2)CC1. The van der Waals surface area contributed by atoms with E-state index in [1.54, 1.807) is 24.4 Å². The number of nitrogens with one attached hydrogen (secondary N) is 1. The number of fused-ring (bicyclic) bond motifs is 2. The van der Waals surface area contributed by atoms with Gasteiger partial charge in [0.25, 0.3) is 0 Å². The van der Waals surface area contributed by atoms with Gasteiger partial charge in [-0.3, -0.25) is 14.7 Å². The van der Waals surface area contributed by atoms with Crippen molar-refractivity contribution < 1.29 is 18.7 Å². The topological polar surface area (TPSA) is 66.9 Å². The zero-order valence-electron chi connectivity index (χ0n) is 20.3. The Morgan fingerprint density at radius 2 is 1.65 bits per heavy atom. The van der Waals surface area contributed by atoms with Gasteiger partial charge in [0.05, 0.1) is 5.52 Å². The number of rotatable bonds is 5. The van der Waals surface area contributed by atoms with Crippen LogP contribution in [0.25, 0.3) is 10.9 Å². The summed E-state index contributed by atoms with van der Waals surface area (Å²) in [5.74, 6) is 0.937. The van der Waals surface area contributed by atoms with E-state index in [9.17, 15) is 9.18 Å². The Labute approximate surface area is 214 Å². The lowest BCUT2D eigenvalue weighted by Gasteiger charge is -2.40. The van der Waals surface area contributed by atoms with E-state index in [2.05, 4.69) is 20.1 Å². The number of ether oxygens (including phenoxy) is 2. The number of aromatic nitrogens is 1. The predicted molar refractivity (Wildman–Crippen MR) is 141 cm³/mol. The number of nitrogens with zero attached hydrogens (tertiary/aromatic N) is 3. The highest BCUT2D eigenvalue weighted by Gasteiger charge is 2.32. The molecule has 37 heavy (non-hydrogen) atoms. The van der Waals surface area contributed by atoms with Gasteiger partial charge in [-0.1, -0.05) is 18.2 Å². The van der Waals surface area contributed by atoms with Gasteiger partial charge in [-0.25, -0.2) is 4.39 Å². The summed E-state index contributed by atoms with van der Waals surface area (Å²) in [6.45, 7) is 3.79. The number of pyridine rings is 1. The third-order valence-corrected chi connectivity index (χ3v) is 6.91. The van der Waals surface area contributed by atoms with Gasteiger partial charge >= 0.3 is 0 Å². The highest BCUT2D eigenvalue weighted by molar-refractivity contribution is 5.99. The van der Waals surface area contributed by atoms with Crippen LogP contribution in [0.5, 0.6) is 11.5 Å². The average Bonchev–Trinajstić information content (AvgIpc) is 2.94. The third-order valence-electron chi connectivity index (χ3n) is 6.91. The van der Waals surface area contributed by atoms with Gasteiger partial charge in [0, 0.05) is 55.2 Å². The van der Waals surface area contributed by atoms with E-state index in [4.69, 9.17) is 9.47 Å². The molecule has 1 unspecified atom stereocenters. The molecule has 8 heteroatoms. The summed E-state index contributed by atoms with van der Waals surface area (Å²) in [5.41, 5.74) is 3.40. The Kier molecular flexibility index (Phi) is 6.32. The monoisotopic (exact) mass is 498 g/mol. The second-order valence-corrected chi connectivity index (χ2v) is 9.17. The summed E-state index contributed by atoms with van der Waals surface area (Å²) in [5, 5.41) is 4.06. The first-order valence-electron chi connectivity index (χ1n) is 12.4. The van der Waals surface area contributed by atoms with Crippen molar-refractivity contribution in [3.8, 4) is 11.5 Å². The molecule has 7 nitrogen and oxygen atoms in total. The maximum atomic E-state index is 13.9. The van der Waals surface area contributed by atoms with Gasteiger partial charge in [-0.05, 0) is 54.1 Å². The number of hydrogen-bond donors (Lipinski definition) is 1. The van der Waals surface area contributed by atoms with Crippen molar-refractivity contribution in [2.75, 3.05) is 49.6 Å². The molecular weight excluding hydrogens is 471 g/mol. The summed E-state index contributed by atoms with van der Waals surface area (Å²) < 4.78 is 24.7. The highest BCUT2D eigenvalue weighted by atomic mass is 19.1. The van der Waals surface area contributed by atoms with Gasteiger partial charge in [0.1, 0.15) is 25.1 Å². The average molecular weight is 499 g/mol. The molecule has 3 aromatic carbocycles. The number of halogens is 1. The van der Waals surface area contributed by atoms with Crippen LogP contribution in [0.15, 0.2) is 79.0 Å². The predicted octanol–water partition coefficient (Wildman–Crippen LogP) is 4.65. The molecule has 188 valence electrons. The first-order chi connectivity index (χ1) is 18.2. The molecule has 0 spiro atoms. The molecule has 1 N–H and O–H groups in total. The van der Waals surface area contributed by atoms with Crippen LogP contribution in [0.3, 0.4) is 0 Å². The molecule has 2 aliphatic heterocycles. The summed E-state index contributed by atoms with van der Waals surface area (Å²) in [7, 11) is 0. The number of piperazine rings is 1. The largest absolute Gasteiger partial charge is 0.486 e. The van der Waals surface area contributed by atoms with E-state index in [0.29, 0.717) is 43.5 Å². The molecule has 1 aromatic heterocycles. The van der Waals surface area contributed by atoms with Crippen LogP contribution in [-0.4, -0.2) is 55.2 Å². The number of carbonyl (C=O) groups is 1. The van der Waals surface area contributed by atoms with Gasteiger partial charge in [0.2, 0.25) is 5.91 Å². The minimum atomic E-state index is -0.517. The minimum absolute atomic E-state index is 0.122. The molecule has 6 rings (SSSR count). The molecule has 1 amide bonds. The van der Waals surface area contributed by atoms with Crippen molar-refractivity contribution in [2.24, 2.45) is 0 Å². The van der Waals surface area contributed by atoms with E-state index >= 15 is 0 Å². The maximum Gasteiger partial charge on any atom is 0.246 e. The van der Waals surface area contributed by atoms with Gasteiger partial charge in [-0.2, -0.15) is 0 Å². The lowest BCUT2D eigenvalue weighted by molar-refractivity contribution is -0.121. The molecule has 4 aromatic rings. The second-order valence-electron chi connectivity index (χ2n) is 9.17. The number of para-hydroxylation sites is 1. The molecular formula is C29H27FN4O3. The zero-order valence-corrected chi connectivity index (χ0v) is 20.3. The van der Waals surface area contributed by atoms with Gasteiger partial charge < -0.3 is 19.7 Å². The Balaban J connectivity index is 1.29. The lowest BCUT2D eigenvalue weighted by Crippen LogP contribution is -2.50. The van der Waals surface area contributed by atoms with Crippen molar-refractivity contribution in [3.63, 3.8) is 0 Å². The Morgan fingerprint density at radius 3 is 2.46 bits per heavy atom. The van der Waals surface area contributed by atoms with Crippen LogP contribution in [0.4, 0.5) is 15.8 Å². The lowest BCUT2D eigenvalue weighted by atomic mass is 9.99. The normalized spacial score (nSPS) is 16.4. The van der Waals surface area contributed by atoms with E-state index in [0.717, 1.165) is 35.2 Å². The number of hydrogen-bond acceptors (Lipinski definition) is 6. The number of amides is 1. The first-order valence-corrected chi connectivity index (χ1v) is 12.4.